The van der Waals surface area contributed by atoms with Crippen LogP contribution in [0.5, 0.6) is 0 Å². The van der Waals surface area contributed by atoms with Crippen LogP contribution in [0.15, 0.2) is 24.3 Å². The van der Waals surface area contributed by atoms with Crippen LogP contribution < -0.4 is 10.6 Å². The van der Waals surface area contributed by atoms with Gasteiger partial charge in [0.15, 0.2) is 0 Å². The molecule has 0 atom stereocenters. The molecule has 22 heavy (non-hydrogen) atoms. The Morgan fingerprint density at radius 2 is 1.91 bits per heavy atom. The average Bonchev–Trinajstić information content (AvgIpc) is 2.52. The van der Waals surface area contributed by atoms with E-state index in [9.17, 15) is 9.59 Å². The van der Waals surface area contributed by atoms with Gasteiger partial charge in [0.1, 0.15) is 0 Å². The summed E-state index contributed by atoms with van der Waals surface area (Å²) < 4.78 is 4.90. The third-order valence-electron chi connectivity index (χ3n) is 3.29. The van der Waals surface area contributed by atoms with E-state index in [-0.39, 0.29) is 11.8 Å². The Bertz CT molecular complexity index is 475. The molecule has 1 aromatic rings. The van der Waals surface area contributed by atoms with Crippen LogP contribution in [0, 0.1) is 0 Å². The maximum absolute atomic E-state index is 12.1. The molecule has 122 valence electrons. The standard InChI is InChI=1S/C17H26N2O3/c1-3-4-5-6-11-16(20)19-15-10-8-7-9-14(15)17(21)18-12-13-22-2/h7-10H,3-6,11-13H2,1-2H3,(H,18,21)(H,19,20). The first kappa shape index (κ1) is 18.2. The molecule has 0 heterocycles. The Hall–Kier alpha value is -1.88. The molecule has 0 radical (unpaired) electrons. The van der Waals surface area contributed by atoms with Crippen molar-refractivity contribution in [2.45, 2.75) is 39.0 Å². The third-order valence-corrected chi connectivity index (χ3v) is 3.29. The molecule has 2 N–H and O–H groups in total. The number of hydrogen-bond acceptors (Lipinski definition) is 3. The number of carbonyl (C=O) groups is 2. The number of methoxy groups -OCH3 is 1. The Kier molecular flexibility index (Phi) is 8.91. The van der Waals surface area contributed by atoms with E-state index in [4.69, 9.17) is 4.74 Å². The fourth-order valence-electron chi connectivity index (χ4n) is 2.08. The van der Waals surface area contributed by atoms with Crippen LogP contribution in [0.4, 0.5) is 5.69 Å². The first-order valence-corrected chi connectivity index (χ1v) is 7.85. The summed E-state index contributed by atoms with van der Waals surface area (Å²) in [6.45, 7) is 3.03. The minimum Gasteiger partial charge on any atom is -0.383 e. The van der Waals surface area contributed by atoms with Crippen molar-refractivity contribution < 1.29 is 14.3 Å². The van der Waals surface area contributed by atoms with Gasteiger partial charge in [0.05, 0.1) is 17.9 Å². The number of ether oxygens (including phenoxy) is 1. The van der Waals surface area contributed by atoms with Crippen molar-refractivity contribution in [2.24, 2.45) is 0 Å². The van der Waals surface area contributed by atoms with Crippen LogP contribution in [0.2, 0.25) is 0 Å². The van der Waals surface area contributed by atoms with E-state index in [0.29, 0.717) is 30.8 Å². The number of hydrogen-bond donors (Lipinski definition) is 2. The van der Waals surface area contributed by atoms with E-state index in [1.54, 1.807) is 31.4 Å². The second kappa shape index (κ2) is 10.8. The smallest absolute Gasteiger partial charge is 0.253 e. The van der Waals surface area contributed by atoms with E-state index < -0.39 is 0 Å². The van der Waals surface area contributed by atoms with Crippen molar-refractivity contribution >= 4 is 17.5 Å². The van der Waals surface area contributed by atoms with Gasteiger partial charge in [0, 0.05) is 20.1 Å². The molecular formula is C17H26N2O3. The van der Waals surface area contributed by atoms with Crippen molar-refractivity contribution in [3.05, 3.63) is 29.8 Å². The molecular weight excluding hydrogens is 280 g/mol. The zero-order valence-corrected chi connectivity index (χ0v) is 13.5. The summed E-state index contributed by atoms with van der Waals surface area (Å²) in [5.41, 5.74) is 1.03. The van der Waals surface area contributed by atoms with Crippen LogP contribution in [0.3, 0.4) is 0 Å². The highest BCUT2D eigenvalue weighted by Gasteiger charge is 2.12. The molecule has 0 saturated carbocycles. The van der Waals surface area contributed by atoms with Gasteiger partial charge in [0.25, 0.3) is 5.91 Å². The van der Waals surface area contributed by atoms with E-state index >= 15 is 0 Å². The number of unbranched alkanes of at least 4 members (excludes halogenated alkanes) is 3. The molecule has 0 aliphatic carbocycles. The van der Waals surface area contributed by atoms with Crippen molar-refractivity contribution in [3.8, 4) is 0 Å². The molecule has 1 aromatic carbocycles. The van der Waals surface area contributed by atoms with Gasteiger partial charge in [-0.05, 0) is 18.6 Å². The highest BCUT2D eigenvalue weighted by Crippen LogP contribution is 2.15. The lowest BCUT2D eigenvalue weighted by atomic mass is 10.1. The first-order chi connectivity index (χ1) is 10.7. The predicted octanol–water partition coefficient (Wildman–Crippen LogP) is 2.97. The molecule has 5 heteroatoms. The van der Waals surface area contributed by atoms with Gasteiger partial charge in [-0.3, -0.25) is 9.59 Å². The Morgan fingerprint density at radius 3 is 2.64 bits per heavy atom. The summed E-state index contributed by atoms with van der Waals surface area (Å²) in [5, 5.41) is 5.59. The number of nitrogens with one attached hydrogen (secondary N) is 2. The van der Waals surface area contributed by atoms with Crippen LogP contribution in [0.1, 0.15) is 49.4 Å². The number of para-hydroxylation sites is 1. The summed E-state index contributed by atoms with van der Waals surface area (Å²) in [5.74, 6) is -0.257. The highest BCUT2D eigenvalue weighted by molar-refractivity contribution is 6.03. The molecule has 0 aliphatic heterocycles. The molecule has 5 nitrogen and oxygen atoms in total. The Morgan fingerprint density at radius 1 is 1.14 bits per heavy atom. The first-order valence-electron chi connectivity index (χ1n) is 7.85. The molecule has 0 spiro atoms. The van der Waals surface area contributed by atoms with E-state index in [1.165, 1.54) is 0 Å². The third kappa shape index (κ3) is 6.72. The second-order valence-corrected chi connectivity index (χ2v) is 5.15. The number of carbonyl (C=O) groups excluding carboxylic acids is 2. The lowest BCUT2D eigenvalue weighted by Crippen LogP contribution is -2.28. The molecule has 0 aliphatic rings. The maximum Gasteiger partial charge on any atom is 0.253 e. The zero-order valence-electron chi connectivity index (χ0n) is 13.5. The maximum atomic E-state index is 12.1. The minimum absolute atomic E-state index is 0.0479. The second-order valence-electron chi connectivity index (χ2n) is 5.15. The van der Waals surface area contributed by atoms with Gasteiger partial charge < -0.3 is 15.4 Å². The molecule has 0 saturated heterocycles. The summed E-state index contributed by atoms with van der Waals surface area (Å²) in [6.07, 6.45) is 4.71. The summed E-state index contributed by atoms with van der Waals surface area (Å²) in [4.78, 5) is 24.1. The van der Waals surface area contributed by atoms with Crippen LogP contribution in [-0.4, -0.2) is 32.1 Å². The van der Waals surface area contributed by atoms with Crippen molar-refractivity contribution in [2.75, 3.05) is 25.6 Å². The van der Waals surface area contributed by atoms with Crippen LogP contribution in [-0.2, 0) is 9.53 Å². The molecule has 2 amide bonds. The van der Waals surface area contributed by atoms with E-state index in [2.05, 4.69) is 17.6 Å². The Balaban J connectivity index is 2.55. The lowest BCUT2D eigenvalue weighted by molar-refractivity contribution is -0.116. The predicted molar refractivity (Wildman–Crippen MR) is 88.0 cm³/mol. The van der Waals surface area contributed by atoms with Gasteiger partial charge in [-0.1, -0.05) is 38.3 Å². The number of rotatable bonds is 10. The van der Waals surface area contributed by atoms with Crippen molar-refractivity contribution in [3.63, 3.8) is 0 Å². The van der Waals surface area contributed by atoms with Gasteiger partial charge in [-0.2, -0.15) is 0 Å². The minimum atomic E-state index is -0.209. The summed E-state index contributed by atoms with van der Waals surface area (Å²) in [6, 6.07) is 7.03. The largest absolute Gasteiger partial charge is 0.383 e. The quantitative estimate of drug-likeness (QED) is 0.653. The van der Waals surface area contributed by atoms with Crippen LogP contribution in [0.25, 0.3) is 0 Å². The van der Waals surface area contributed by atoms with Gasteiger partial charge >= 0.3 is 0 Å². The summed E-state index contributed by atoms with van der Waals surface area (Å²) in [7, 11) is 1.58. The lowest BCUT2D eigenvalue weighted by Gasteiger charge is -2.11. The molecule has 0 bridgehead atoms. The molecule has 0 unspecified atom stereocenters. The average molecular weight is 306 g/mol. The fraction of sp³-hybridized carbons (Fsp3) is 0.529. The van der Waals surface area contributed by atoms with Crippen molar-refractivity contribution in [1.29, 1.82) is 0 Å². The van der Waals surface area contributed by atoms with E-state index in [0.717, 1.165) is 25.7 Å². The van der Waals surface area contributed by atoms with Gasteiger partial charge in [0.2, 0.25) is 5.91 Å². The SMILES string of the molecule is CCCCCCC(=O)Nc1ccccc1C(=O)NCCOC. The van der Waals surface area contributed by atoms with Gasteiger partial charge in [-0.25, -0.2) is 0 Å². The molecule has 0 aromatic heterocycles. The van der Waals surface area contributed by atoms with Crippen LogP contribution >= 0.6 is 0 Å². The molecule has 0 fully saturated rings. The number of anilines is 1. The molecule has 1 rings (SSSR count). The topological polar surface area (TPSA) is 67.4 Å². The highest BCUT2D eigenvalue weighted by atomic mass is 16.5. The fourth-order valence-corrected chi connectivity index (χ4v) is 2.08. The number of benzene rings is 1. The Labute approximate surface area is 132 Å². The normalized spacial score (nSPS) is 10.3. The summed E-state index contributed by atoms with van der Waals surface area (Å²) >= 11 is 0. The van der Waals surface area contributed by atoms with Crippen molar-refractivity contribution in [1.82, 2.24) is 5.32 Å². The monoisotopic (exact) mass is 306 g/mol. The van der Waals surface area contributed by atoms with Gasteiger partial charge in [-0.15, -0.1) is 0 Å². The number of amides is 2. The van der Waals surface area contributed by atoms with E-state index in [1.807, 2.05) is 0 Å². The zero-order chi connectivity index (χ0) is 16.2.